The Balaban J connectivity index is 0.000000149. The summed E-state index contributed by atoms with van der Waals surface area (Å²) in [6.45, 7) is -1.82. The van der Waals surface area contributed by atoms with Crippen molar-refractivity contribution in [1.29, 1.82) is 0 Å². The Kier molecular flexibility index (Phi) is 9.32. The van der Waals surface area contributed by atoms with Crippen LogP contribution in [0.2, 0.25) is 0 Å². The second-order valence-electron chi connectivity index (χ2n) is 13.1. The van der Waals surface area contributed by atoms with Crippen LogP contribution in [0.3, 0.4) is 0 Å². The average molecular weight is 757 g/mol. The van der Waals surface area contributed by atoms with Crippen molar-refractivity contribution in [3.8, 4) is 34.0 Å². The summed E-state index contributed by atoms with van der Waals surface area (Å²) >= 11 is 0. The number of alkyl halides is 2. The Hall–Kier alpha value is -7.74. The van der Waals surface area contributed by atoms with Crippen LogP contribution in [-0.2, 0) is 13.1 Å². The number of phenolic OH excluding ortho intramolecular Hbond substituents is 1. The summed E-state index contributed by atoms with van der Waals surface area (Å²) in [5.74, 6) is 0.298. The van der Waals surface area contributed by atoms with Crippen molar-refractivity contribution in [1.82, 2.24) is 49.9 Å². The van der Waals surface area contributed by atoms with E-state index in [1.165, 1.54) is 12.1 Å². The summed E-state index contributed by atoms with van der Waals surface area (Å²) in [6, 6.07) is 41.0. The van der Waals surface area contributed by atoms with Gasteiger partial charge < -0.3 is 9.84 Å². The van der Waals surface area contributed by atoms with Gasteiger partial charge in [0, 0.05) is 34.3 Å². The van der Waals surface area contributed by atoms with Crippen molar-refractivity contribution in [3.05, 3.63) is 157 Å². The molecule has 0 radical (unpaired) electrons. The second kappa shape index (κ2) is 15.2. The zero-order valence-electron chi connectivity index (χ0n) is 29.9. The molecule has 6 heterocycles. The van der Waals surface area contributed by atoms with Crippen LogP contribution in [0, 0.1) is 0 Å². The van der Waals surface area contributed by atoms with Gasteiger partial charge >= 0.3 is 6.61 Å². The zero-order chi connectivity index (χ0) is 38.7. The molecule has 0 bridgehead atoms. The molecular weight excluding hydrogens is 727 g/mol. The maximum absolute atomic E-state index is 12.5. The molecule has 10 rings (SSSR count). The fourth-order valence-electron chi connectivity index (χ4n) is 6.53. The second-order valence-corrected chi connectivity index (χ2v) is 13.1. The number of rotatable bonds is 8. The van der Waals surface area contributed by atoms with Crippen molar-refractivity contribution in [2.45, 2.75) is 19.7 Å². The highest BCUT2D eigenvalue weighted by molar-refractivity contribution is 5.80. The van der Waals surface area contributed by atoms with E-state index in [0.29, 0.717) is 41.2 Å². The minimum atomic E-state index is -2.88. The molecule has 278 valence electrons. The number of halogens is 2. The van der Waals surface area contributed by atoms with Crippen molar-refractivity contribution in [3.63, 3.8) is 0 Å². The predicted octanol–water partition coefficient (Wildman–Crippen LogP) is 8.49. The van der Waals surface area contributed by atoms with Gasteiger partial charge in [-0.1, -0.05) is 59.0 Å². The normalized spacial score (nSPS) is 11.4. The Bertz CT molecular complexity index is 3040. The molecule has 4 aromatic carbocycles. The Morgan fingerprint density at radius 3 is 1.61 bits per heavy atom. The van der Waals surface area contributed by atoms with Crippen LogP contribution in [0.15, 0.2) is 146 Å². The van der Waals surface area contributed by atoms with Gasteiger partial charge in [-0.25, -0.2) is 19.3 Å². The number of pyridine rings is 4. The first-order valence-corrected chi connectivity index (χ1v) is 17.8. The number of nitrogens with zero attached hydrogens (tertiary/aromatic N) is 10. The summed E-state index contributed by atoms with van der Waals surface area (Å²) in [4.78, 5) is 18.1. The number of aromatic hydroxyl groups is 1. The van der Waals surface area contributed by atoms with Gasteiger partial charge in [0.1, 0.15) is 22.5 Å². The summed E-state index contributed by atoms with van der Waals surface area (Å²) in [5.41, 5.74) is 9.65. The molecule has 6 aromatic heterocycles. The number of benzene rings is 4. The predicted molar refractivity (Wildman–Crippen MR) is 212 cm³/mol. The molecule has 0 aliphatic carbocycles. The fraction of sp³-hybridized carbons (Fsp3) is 0.0698. The molecular formula is C43H30F2N10O2. The van der Waals surface area contributed by atoms with Crippen molar-refractivity contribution < 1.29 is 18.6 Å². The van der Waals surface area contributed by atoms with Gasteiger partial charge in [-0.15, -0.1) is 10.2 Å². The van der Waals surface area contributed by atoms with Crippen LogP contribution in [0.1, 0.15) is 11.1 Å². The van der Waals surface area contributed by atoms with E-state index in [-0.39, 0.29) is 11.5 Å². The van der Waals surface area contributed by atoms with E-state index in [4.69, 9.17) is 4.98 Å². The van der Waals surface area contributed by atoms with Crippen LogP contribution in [0.25, 0.3) is 66.6 Å². The average Bonchev–Trinajstić information content (AvgIpc) is 3.83. The van der Waals surface area contributed by atoms with Gasteiger partial charge in [0.2, 0.25) is 0 Å². The minimum absolute atomic E-state index is 0.0841. The fourth-order valence-corrected chi connectivity index (χ4v) is 6.53. The molecule has 0 amide bonds. The van der Waals surface area contributed by atoms with Crippen molar-refractivity contribution in [2.24, 2.45) is 0 Å². The minimum Gasteiger partial charge on any atom is -0.508 e. The van der Waals surface area contributed by atoms with E-state index < -0.39 is 6.61 Å². The molecule has 0 spiro atoms. The molecule has 10 aromatic rings. The lowest BCUT2D eigenvalue weighted by Gasteiger charge is -2.07. The summed E-state index contributed by atoms with van der Waals surface area (Å²) in [5, 5.41) is 28.7. The smallest absolute Gasteiger partial charge is 0.387 e. The largest absolute Gasteiger partial charge is 0.508 e. The lowest BCUT2D eigenvalue weighted by molar-refractivity contribution is -0.0498. The quantitative estimate of drug-likeness (QED) is 0.160. The van der Waals surface area contributed by atoms with Crippen molar-refractivity contribution >= 4 is 44.1 Å². The summed E-state index contributed by atoms with van der Waals surface area (Å²) in [7, 11) is 0. The number of ether oxygens (including phenoxy) is 1. The van der Waals surface area contributed by atoms with Gasteiger partial charge in [-0.2, -0.15) is 8.78 Å². The molecule has 1 N–H and O–H groups in total. The number of phenols is 1. The van der Waals surface area contributed by atoms with Crippen LogP contribution >= 0.6 is 0 Å². The van der Waals surface area contributed by atoms with Crippen LogP contribution in [-0.4, -0.2) is 61.6 Å². The number of aromatic nitrogens is 10. The Morgan fingerprint density at radius 1 is 0.544 bits per heavy atom. The van der Waals surface area contributed by atoms with Gasteiger partial charge in [-0.3, -0.25) is 9.97 Å². The van der Waals surface area contributed by atoms with Gasteiger partial charge in [0.25, 0.3) is 0 Å². The van der Waals surface area contributed by atoms with E-state index in [0.717, 1.165) is 49.7 Å². The highest BCUT2D eigenvalue weighted by Gasteiger charge is 2.13. The molecule has 57 heavy (non-hydrogen) atoms. The van der Waals surface area contributed by atoms with E-state index >= 15 is 0 Å². The first-order valence-electron chi connectivity index (χ1n) is 17.8. The van der Waals surface area contributed by atoms with Gasteiger partial charge in [-0.05, 0) is 96.1 Å². The third kappa shape index (κ3) is 7.64. The maximum Gasteiger partial charge on any atom is 0.387 e. The van der Waals surface area contributed by atoms with E-state index in [2.05, 4.69) is 52.4 Å². The first kappa shape index (κ1) is 35.0. The first-order chi connectivity index (χ1) is 27.9. The SMILES string of the molecule is FC(F)Oc1cccc(-c2ccc3nnn(Cc4ccc5ncccc5c4)c3n2)c1.Oc1cccc(-c2ccc3nnn(Cc4ccc5ncccc5c4)c3n2)c1. The highest BCUT2D eigenvalue weighted by atomic mass is 19.3. The molecule has 0 aliphatic rings. The van der Waals surface area contributed by atoms with E-state index in [1.807, 2.05) is 72.8 Å². The molecule has 0 unspecified atom stereocenters. The summed E-state index contributed by atoms with van der Waals surface area (Å²) in [6.07, 6.45) is 3.56. The van der Waals surface area contributed by atoms with Gasteiger partial charge in [0.15, 0.2) is 11.3 Å². The molecule has 14 heteroatoms. The van der Waals surface area contributed by atoms with Crippen LogP contribution in [0.4, 0.5) is 8.78 Å². The molecule has 0 aliphatic heterocycles. The molecule has 0 fully saturated rings. The highest BCUT2D eigenvalue weighted by Crippen LogP contribution is 2.27. The standard InChI is InChI=1S/C22H15F2N5O.C21H15N5O/c23-22(24)30-17-5-1-3-16(12-17)19-8-9-20-21(26-19)29(28-27-20)13-14-6-7-18-15(11-14)4-2-10-25-18;27-17-5-1-3-16(12-17)19-8-9-20-21(23-19)26(25-24-20)13-14-6-7-18-15(11-14)4-2-10-22-18/h1-12,22H,13H2;1-12,27H,13H2. The Morgan fingerprint density at radius 2 is 1.07 bits per heavy atom. The molecule has 0 saturated carbocycles. The summed E-state index contributed by atoms with van der Waals surface area (Å²) < 4.78 is 33.0. The maximum atomic E-state index is 12.5. The molecule has 0 atom stereocenters. The molecule has 0 saturated heterocycles. The van der Waals surface area contributed by atoms with E-state index in [9.17, 15) is 13.9 Å². The topological polar surface area (TPSA) is 142 Å². The number of hydrogen-bond acceptors (Lipinski definition) is 10. The Labute approximate surface area is 322 Å². The molecule has 12 nitrogen and oxygen atoms in total. The third-order valence-corrected chi connectivity index (χ3v) is 9.22. The number of hydrogen-bond donors (Lipinski definition) is 1. The van der Waals surface area contributed by atoms with Crippen molar-refractivity contribution in [2.75, 3.05) is 0 Å². The van der Waals surface area contributed by atoms with Crippen LogP contribution < -0.4 is 4.74 Å². The zero-order valence-corrected chi connectivity index (χ0v) is 29.9. The lowest BCUT2D eigenvalue weighted by atomic mass is 10.1. The van der Waals surface area contributed by atoms with E-state index in [1.54, 1.807) is 58.2 Å². The monoisotopic (exact) mass is 756 g/mol. The number of fused-ring (bicyclic) bond motifs is 4. The third-order valence-electron chi connectivity index (χ3n) is 9.22. The van der Waals surface area contributed by atoms with Gasteiger partial charge in [0.05, 0.1) is 35.5 Å². The lowest BCUT2D eigenvalue weighted by Crippen LogP contribution is -2.03. The van der Waals surface area contributed by atoms with Crippen LogP contribution in [0.5, 0.6) is 11.5 Å².